The molecule has 0 saturated carbocycles. The van der Waals surface area contributed by atoms with Crippen LogP contribution in [0, 0.1) is 22.7 Å². The zero-order chi connectivity index (χ0) is 22.5. The van der Waals surface area contributed by atoms with Crippen LogP contribution in [0.5, 0.6) is 0 Å². The van der Waals surface area contributed by atoms with Gasteiger partial charge >= 0.3 is 0 Å². The first-order valence-corrected chi connectivity index (χ1v) is 10.2. The van der Waals surface area contributed by atoms with E-state index in [2.05, 4.69) is 12.1 Å². The highest BCUT2D eigenvalue weighted by molar-refractivity contribution is 5.76. The Morgan fingerprint density at radius 3 is 2.34 bits per heavy atom. The molecule has 0 radical (unpaired) electrons. The van der Waals surface area contributed by atoms with Gasteiger partial charge in [-0.2, -0.15) is 10.5 Å². The SMILES string of the molecule is N#CCCCCn1c(-c2ccc(C=O)cc2)cc(=O)n2cc(-c3ccc(C#N)cc3)nc12. The normalized spacial score (nSPS) is 10.6. The molecule has 0 aliphatic carbocycles. The van der Waals surface area contributed by atoms with E-state index >= 15 is 0 Å². The average Bonchev–Trinajstić information content (AvgIpc) is 3.29. The van der Waals surface area contributed by atoms with Crippen molar-refractivity contribution < 1.29 is 4.79 Å². The number of rotatable bonds is 7. The molecule has 0 bridgehead atoms. The Balaban J connectivity index is 1.86. The zero-order valence-corrected chi connectivity index (χ0v) is 17.2. The summed E-state index contributed by atoms with van der Waals surface area (Å²) < 4.78 is 3.49. The summed E-state index contributed by atoms with van der Waals surface area (Å²) in [5, 5.41) is 17.9. The summed E-state index contributed by atoms with van der Waals surface area (Å²) >= 11 is 0. The lowest BCUT2D eigenvalue weighted by Gasteiger charge is -2.15. The number of carbonyl (C=O) groups is 1. The van der Waals surface area contributed by atoms with Gasteiger partial charge in [0.05, 0.1) is 29.1 Å². The number of aromatic nitrogens is 3. The van der Waals surface area contributed by atoms with Crippen molar-refractivity contribution in [1.82, 2.24) is 14.0 Å². The number of carbonyl (C=O) groups excluding carboxylic acids is 1. The van der Waals surface area contributed by atoms with Crippen LogP contribution in [0.25, 0.3) is 28.3 Å². The molecule has 156 valence electrons. The first-order chi connectivity index (χ1) is 15.6. The molecule has 2 heterocycles. The van der Waals surface area contributed by atoms with Crippen molar-refractivity contribution in [3.8, 4) is 34.7 Å². The minimum Gasteiger partial charge on any atom is -0.311 e. The quantitative estimate of drug-likeness (QED) is 0.328. The van der Waals surface area contributed by atoms with Crippen LogP contribution in [0.4, 0.5) is 0 Å². The van der Waals surface area contributed by atoms with Crippen LogP contribution in [0.1, 0.15) is 35.2 Å². The number of hydrogen-bond donors (Lipinski definition) is 0. The monoisotopic (exact) mass is 421 g/mol. The fraction of sp³-hybridized carbons (Fsp3) is 0.160. The number of unbranched alkanes of at least 4 members (excludes halogenated alkanes) is 2. The maximum Gasteiger partial charge on any atom is 0.259 e. The molecule has 7 nitrogen and oxygen atoms in total. The second-order valence-electron chi connectivity index (χ2n) is 7.36. The minimum absolute atomic E-state index is 0.213. The molecule has 0 aliphatic rings. The van der Waals surface area contributed by atoms with Gasteiger partial charge in [-0.1, -0.05) is 36.4 Å². The largest absolute Gasteiger partial charge is 0.311 e. The third-order valence-corrected chi connectivity index (χ3v) is 5.29. The third-order valence-electron chi connectivity index (χ3n) is 5.29. The van der Waals surface area contributed by atoms with Crippen LogP contribution in [0.2, 0.25) is 0 Å². The molecule has 7 heteroatoms. The molecule has 4 aromatic rings. The van der Waals surface area contributed by atoms with Gasteiger partial charge in [0.25, 0.3) is 5.56 Å². The number of aryl methyl sites for hydroxylation is 1. The highest BCUT2D eigenvalue weighted by Crippen LogP contribution is 2.24. The van der Waals surface area contributed by atoms with E-state index in [1.54, 1.807) is 48.7 Å². The Hall–Kier alpha value is -4.49. The number of nitriles is 2. The van der Waals surface area contributed by atoms with Crippen molar-refractivity contribution in [3.63, 3.8) is 0 Å². The van der Waals surface area contributed by atoms with Crippen LogP contribution in [-0.4, -0.2) is 20.2 Å². The van der Waals surface area contributed by atoms with E-state index < -0.39 is 0 Å². The van der Waals surface area contributed by atoms with E-state index in [4.69, 9.17) is 15.5 Å². The summed E-state index contributed by atoms with van der Waals surface area (Å²) in [4.78, 5) is 28.7. The van der Waals surface area contributed by atoms with Crippen molar-refractivity contribution in [2.75, 3.05) is 0 Å². The number of imidazole rings is 1. The van der Waals surface area contributed by atoms with Gasteiger partial charge in [-0.25, -0.2) is 4.98 Å². The predicted octanol–water partition coefficient (Wildman–Crippen LogP) is 4.21. The van der Waals surface area contributed by atoms with Crippen LogP contribution in [0.15, 0.2) is 65.6 Å². The van der Waals surface area contributed by atoms with E-state index in [0.29, 0.717) is 41.3 Å². The second kappa shape index (κ2) is 9.11. The molecule has 0 atom stereocenters. The Morgan fingerprint density at radius 2 is 1.69 bits per heavy atom. The molecule has 32 heavy (non-hydrogen) atoms. The lowest BCUT2D eigenvalue weighted by Crippen LogP contribution is -2.18. The molecule has 0 saturated heterocycles. The number of nitrogens with zero attached hydrogens (tertiary/aromatic N) is 5. The molecule has 0 amide bonds. The van der Waals surface area contributed by atoms with E-state index in [1.807, 2.05) is 16.7 Å². The molecule has 0 aliphatic heterocycles. The second-order valence-corrected chi connectivity index (χ2v) is 7.36. The standard InChI is InChI=1S/C25H19N5O2/c26-12-2-1-3-13-29-23(21-10-6-19(17-31)7-11-21)14-24(32)30-16-22(28-25(29)30)20-8-4-18(15-27)5-9-20/h4-11,14,16-17H,1-3,13H2. The Kier molecular flexibility index (Phi) is 5.91. The summed E-state index contributed by atoms with van der Waals surface area (Å²) in [5.41, 5.74) is 3.84. The summed E-state index contributed by atoms with van der Waals surface area (Å²) in [7, 11) is 0. The number of hydrogen-bond acceptors (Lipinski definition) is 5. The summed E-state index contributed by atoms with van der Waals surface area (Å²) in [6, 6.07) is 19.9. The van der Waals surface area contributed by atoms with Crippen molar-refractivity contribution in [1.29, 1.82) is 10.5 Å². The van der Waals surface area contributed by atoms with Gasteiger partial charge in [-0.05, 0) is 30.5 Å². The Bertz CT molecular complexity index is 1420. The molecule has 2 aromatic carbocycles. The van der Waals surface area contributed by atoms with Crippen molar-refractivity contribution in [3.05, 3.63) is 82.3 Å². The van der Waals surface area contributed by atoms with Crippen molar-refractivity contribution >= 4 is 12.1 Å². The summed E-state index contributed by atoms with van der Waals surface area (Å²) in [6.07, 6.45) is 4.43. The van der Waals surface area contributed by atoms with Gasteiger partial charge < -0.3 is 4.57 Å². The summed E-state index contributed by atoms with van der Waals surface area (Å²) in [5.74, 6) is 0.503. The van der Waals surface area contributed by atoms with Crippen molar-refractivity contribution in [2.24, 2.45) is 0 Å². The molecule has 0 unspecified atom stereocenters. The number of fused-ring (bicyclic) bond motifs is 1. The van der Waals surface area contributed by atoms with E-state index in [0.717, 1.165) is 30.3 Å². The predicted molar refractivity (Wildman–Crippen MR) is 120 cm³/mol. The molecule has 2 aromatic heterocycles. The highest BCUT2D eigenvalue weighted by atomic mass is 16.1. The maximum atomic E-state index is 12.9. The molecule has 0 fully saturated rings. The van der Waals surface area contributed by atoms with E-state index in [9.17, 15) is 9.59 Å². The highest BCUT2D eigenvalue weighted by Gasteiger charge is 2.15. The smallest absolute Gasteiger partial charge is 0.259 e. The Labute approximate surface area is 184 Å². The lowest BCUT2D eigenvalue weighted by molar-refractivity contribution is 0.112. The molecular formula is C25H19N5O2. The van der Waals surface area contributed by atoms with Gasteiger partial charge in [0.1, 0.15) is 6.29 Å². The topological polar surface area (TPSA) is 104 Å². The van der Waals surface area contributed by atoms with Gasteiger partial charge in [-0.15, -0.1) is 0 Å². The average molecular weight is 421 g/mol. The van der Waals surface area contributed by atoms with Crippen LogP contribution in [-0.2, 0) is 6.54 Å². The lowest BCUT2D eigenvalue weighted by atomic mass is 10.1. The third kappa shape index (κ3) is 4.05. The molecule has 0 spiro atoms. The molecule has 0 N–H and O–H groups in total. The summed E-state index contributed by atoms with van der Waals surface area (Å²) in [6.45, 7) is 0.583. The van der Waals surface area contributed by atoms with Crippen LogP contribution >= 0.6 is 0 Å². The van der Waals surface area contributed by atoms with Crippen LogP contribution in [0.3, 0.4) is 0 Å². The van der Waals surface area contributed by atoms with E-state index in [-0.39, 0.29) is 5.56 Å². The van der Waals surface area contributed by atoms with E-state index in [1.165, 1.54) is 4.40 Å². The maximum absolute atomic E-state index is 12.9. The number of aldehydes is 1. The minimum atomic E-state index is -0.213. The fourth-order valence-corrected chi connectivity index (χ4v) is 3.62. The van der Waals surface area contributed by atoms with Crippen molar-refractivity contribution in [2.45, 2.75) is 25.8 Å². The first-order valence-electron chi connectivity index (χ1n) is 10.2. The fourth-order valence-electron chi connectivity index (χ4n) is 3.62. The van der Waals surface area contributed by atoms with Gasteiger partial charge in [-0.3, -0.25) is 14.0 Å². The van der Waals surface area contributed by atoms with Gasteiger partial charge in [0.2, 0.25) is 5.78 Å². The number of benzene rings is 2. The van der Waals surface area contributed by atoms with Gasteiger partial charge in [0, 0.05) is 36.4 Å². The molecular weight excluding hydrogens is 402 g/mol. The zero-order valence-electron chi connectivity index (χ0n) is 17.2. The van der Waals surface area contributed by atoms with Crippen LogP contribution < -0.4 is 5.56 Å². The first kappa shape index (κ1) is 20.8. The van der Waals surface area contributed by atoms with Gasteiger partial charge in [0.15, 0.2) is 0 Å². The Morgan fingerprint density at radius 1 is 0.969 bits per heavy atom. The molecule has 4 rings (SSSR count).